The number of rotatable bonds is 1. The van der Waals surface area contributed by atoms with Crippen molar-refractivity contribution in [3.63, 3.8) is 0 Å². The van der Waals surface area contributed by atoms with Crippen LogP contribution in [0.5, 0.6) is 0 Å². The van der Waals surface area contributed by atoms with Crippen LogP contribution < -0.4 is 5.56 Å². The summed E-state index contributed by atoms with van der Waals surface area (Å²) in [6, 6.07) is 10.2. The van der Waals surface area contributed by atoms with E-state index in [0.29, 0.717) is 0 Å². The molecule has 2 heterocycles. The predicted octanol–water partition coefficient (Wildman–Crippen LogP) is 2.42. The number of nitrogens with zero attached hydrogens (tertiary/aromatic N) is 2. The van der Waals surface area contributed by atoms with Gasteiger partial charge < -0.3 is 4.98 Å². The summed E-state index contributed by atoms with van der Waals surface area (Å²) >= 11 is 0. The molecule has 0 aliphatic heterocycles. The van der Waals surface area contributed by atoms with Crippen molar-refractivity contribution in [3.05, 3.63) is 51.8 Å². The average molecular weight is 265 g/mol. The zero-order chi connectivity index (χ0) is 13.7. The van der Waals surface area contributed by atoms with Gasteiger partial charge in [-0.2, -0.15) is 5.10 Å². The van der Waals surface area contributed by atoms with Gasteiger partial charge in [0.05, 0.1) is 0 Å². The van der Waals surface area contributed by atoms with E-state index in [1.54, 1.807) is 4.68 Å². The number of aromatic amines is 1. The first-order valence-corrected chi connectivity index (χ1v) is 6.92. The lowest BCUT2D eigenvalue weighted by Gasteiger charge is -2.03. The van der Waals surface area contributed by atoms with Crippen LogP contribution in [0.1, 0.15) is 17.5 Å². The molecule has 0 saturated heterocycles. The van der Waals surface area contributed by atoms with Gasteiger partial charge in [-0.3, -0.25) is 9.48 Å². The average Bonchev–Trinajstić information content (AvgIpc) is 3.06. The molecule has 1 N–H and O–H groups in total. The number of hydrogen-bond acceptors (Lipinski definition) is 2. The zero-order valence-electron chi connectivity index (χ0n) is 11.3. The molecule has 1 aliphatic rings. The number of fused-ring (bicyclic) bond motifs is 3. The van der Waals surface area contributed by atoms with E-state index in [0.717, 1.165) is 47.1 Å². The third-order valence-electron chi connectivity index (χ3n) is 4.12. The number of hydrogen-bond donors (Lipinski definition) is 1. The Labute approximate surface area is 116 Å². The van der Waals surface area contributed by atoms with Gasteiger partial charge in [0.2, 0.25) is 0 Å². The molecule has 0 fully saturated rings. The van der Waals surface area contributed by atoms with Crippen LogP contribution in [0.4, 0.5) is 0 Å². The quantitative estimate of drug-likeness (QED) is 0.734. The van der Waals surface area contributed by atoms with E-state index in [1.165, 1.54) is 5.56 Å². The van der Waals surface area contributed by atoms with E-state index in [9.17, 15) is 4.79 Å². The van der Waals surface area contributed by atoms with Gasteiger partial charge in [0.25, 0.3) is 5.56 Å². The number of H-pyrrole nitrogens is 1. The maximum atomic E-state index is 12.1. The van der Waals surface area contributed by atoms with Gasteiger partial charge in [0.1, 0.15) is 11.3 Å². The van der Waals surface area contributed by atoms with Crippen molar-refractivity contribution in [2.75, 3.05) is 0 Å². The lowest BCUT2D eigenvalue weighted by molar-refractivity contribution is 0.787. The molecule has 4 nitrogen and oxygen atoms in total. The summed E-state index contributed by atoms with van der Waals surface area (Å²) in [5.74, 6) is 0. The first kappa shape index (κ1) is 11.5. The molecule has 1 aromatic carbocycles. The van der Waals surface area contributed by atoms with Crippen LogP contribution in [0.25, 0.3) is 22.3 Å². The SMILES string of the molecule is Cn1nc(-c2ccccc2)c2c3c(c(=O)[nH]c21)CCC3. The lowest BCUT2D eigenvalue weighted by atomic mass is 10.0. The van der Waals surface area contributed by atoms with E-state index in [-0.39, 0.29) is 5.56 Å². The molecular formula is C16H15N3O. The molecule has 0 unspecified atom stereocenters. The van der Waals surface area contributed by atoms with Crippen LogP contribution in [-0.4, -0.2) is 14.8 Å². The molecule has 0 saturated carbocycles. The first-order chi connectivity index (χ1) is 9.75. The van der Waals surface area contributed by atoms with Crippen molar-refractivity contribution < 1.29 is 0 Å². The Kier molecular flexibility index (Phi) is 2.33. The summed E-state index contributed by atoms with van der Waals surface area (Å²) in [7, 11) is 1.88. The van der Waals surface area contributed by atoms with Crippen LogP contribution in [0.15, 0.2) is 35.1 Å². The van der Waals surface area contributed by atoms with Crippen LogP contribution in [0, 0.1) is 0 Å². The molecule has 2 aromatic heterocycles. The monoisotopic (exact) mass is 265 g/mol. The minimum Gasteiger partial charge on any atom is -0.307 e. The summed E-state index contributed by atoms with van der Waals surface area (Å²) in [6.45, 7) is 0. The molecular weight excluding hydrogens is 250 g/mol. The molecule has 0 radical (unpaired) electrons. The maximum absolute atomic E-state index is 12.1. The van der Waals surface area contributed by atoms with Crippen molar-refractivity contribution in [1.29, 1.82) is 0 Å². The normalized spacial score (nSPS) is 13.8. The second kappa shape index (κ2) is 4.07. The fourth-order valence-electron chi connectivity index (χ4n) is 3.20. The highest BCUT2D eigenvalue weighted by atomic mass is 16.1. The minimum absolute atomic E-state index is 0.0487. The van der Waals surface area contributed by atoms with Crippen LogP contribution in [0.3, 0.4) is 0 Å². The Bertz CT molecular complexity index is 859. The van der Waals surface area contributed by atoms with Crippen molar-refractivity contribution >= 4 is 11.0 Å². The van der Waals surface area contributed by atoms with E-state index < -0.39 is 0 Å². The number of aryl methyl sites for hydroxylation is 2. The third-order valence-corrected chi connectivity index (χ3v) is 4.12. The van der Waals surface area contributed by atoms with Gasteiger partial charge in [-0.05, 0) is 24.8 Å². The van der Waals surface area contributed by atoms with E-state index >= 15 is 0 Å². The molecule has 0 atom stereocenters. The number of pyridine rings is 1. The number of benzene rings is 1. The molecule has 0 bridgehead atoms. The molecule has 100 valence electrons. The van der Waals surface area contributed by atoms with Gasteiger partial charge in [0, 0.05) is 23.6 Å². The molecule has 0 spiro atoms. The van der Waals surface area contributed by atoms with Gasteiger partial charge in [-0.25, -0.2) is 0 Å². The van der Waals surface area contributed by atoms with Gasteiger partial charge in [-0.1, -0.05) is 30.3 Å². The Morgan fingerprint density at radius 2 is 1.90 bits per heavy atom. The highest BCUT2D eigenvalue weighted by molar-refractivity contribution is 5.94. The molecule has 4 rings (SSSR count). The Balaban J connectivity index is 2.14. The minimum atomic E-state index is 0.0487. The van der Waals surface area contributed by atoms with Crippen LogP contribution >= 0.6 is 0 Å². The number of aromatic nitrogens is 3. The second-order valence-electron chi connectivity index (χ2n) is 5.33. The van der Waals surface area contributed by atoms with Crippen molar-refractivity contribution in [3.8, 4) is 11.3 Å². The summed E-state index contributed by atoms with van der Waals surface area (Å²) < 4.78 is 1.78. The smallest absolute Gasteiger partial charge is 0.253 e. The predicted molar refractivity (Wildman–Crippen MR) is 78.8 cm³/mol. The second-order valence-corrected chi connectivity index (χ2v) is 5.33. The zero-order valence-corrected chi connectivity index (χ0v) is 11.3. The molecule has 0 amide bonds. The van der Waals surface area contributed by atoms with E-state index in [1.807, 2.05) is 25.2 Å². The van der Waals surface area contributed by atoms with Crippen molar-refractivity contribution in [1.82, 2.24) is 14.8 Å². The molecule has 4 heteroatoms. The van der Waals surface area contributed by atoms with E-state index in [4.69, 9.17) is 0 Å². The first-order valence-electron chi connectivity index (χ1n) is 6.92. The van der Waals surface area contributed by atoms with Crippen molar-refractivity contribution in [2.24, 2.45) is 7.05 Å². The van der Waals surface area contributed by atoms with Gasteiger partial charge >= 0.3 is 0 Å². The van der Waals surface area contributed by atoms with E-state index in [2.05, 4.69) is 22.2 Å². The summed E-state index contributed by atoms with van der Waals surface area (Å²) in [5, 5.41) is 5.74. The van der Waals surface area contributed by atoms with Crippen LogP contribution in [-0.2, 0) is 19.9 Å². The summed E-state index contributed by atoms with van der Waals surface area (Å²) in [4.78, 5) is 15.1. The highest BCUT2D eigenvalue weighted by Gasteiger charge is 2.23. The molecule has 1 aliphatic carbocycles. The fraction of sp³-hybridized carbons (Fsp3) is 0.250. The van der Waals surface area contributed by atoms with Gasteiger partial charge in [-0.15, -0.1) is 0 Å². The largest absolute Gasteiger partial charge is 0.307 e. The van der Waals surface area contributed by atoms with Crippen molar-refractivity contribution in [2.45, 2.75) is 19.3 Å². The molecule has 3 aromatic rings. The Hall–Kier alpha value is -2.36. The standard InChI is InChI=1S/C16H15N3O/c1-19-15-13(11-8-5-9-12(11)16(20)17-15)14(18-19)10-6-3-2-4-7-10/h2-4,6-7H,5,8-9H2,1H3,(H,17,20). The fourth-order valence-corrected chi connectivity index (χ4v) is 3.20. The summed E-state index contributed by atoms with van der Waals surface area (Å²) in [5.41, 5.74) is 5.08. The summed E-state index contributed by atoms with van der Waals surface area (Å²) in [6.07, 6.45) is 2.91. The third kappa shape index (κ3) is 1.48. The van der Waals surface area contributed by atoms with Crippen LogP contribution in [0.2, 0.25) is 0 Å². The van der Waals surface area contributed by atoms with Gasteiger partial charge in [0.15, 0.2) is 0 Å². The maximum Gasteiger partial charge on any atom is 0.253 e. The Morgan fingerprint density at radius 1 is 1.15 bits per heavy atom. The topological polar surface area (TPSA) is 50.7 Å². The number of nitrogens with one attached hydrogen (secondary N) is 1. The highest BCUT2D eigenvalue weighted by Crippen LogP contribution is 2.33. The lowest BCUT2D eigenvalue weighted by Crippen LogP contribution is -2.13. The Morgan fingerprint density at radius 3 is 2.70 bits per heavy atom. The molecule has 20 heavy (non-hydrogen) atoms.